The number of aryl methyl sites for hydroxylation is 1. The van der Waals surface area contributed by atoms with E-state index >= 15 is 0 Å². The maximum absolute atomic E-state index is 12.7. The summed E-state index contributed by atoms with van der Waals surface area (Å²) >= 11 is 1.57. The molecule has 1 unspecified atom stereocenters. The molecule has 0 radical (unpaired) electrons. The molecule has 1 N–H and O–H groups in total. The second kappa shape index (κ2) is 5.77. The third kappa shape index (κ3) is 2.99. The van der Waals surface area contributed by atoms with E-state index in [0.717, 1.165) is 16.3 Å². The van der Waals surface area contributed by atoms with Gasteiger partial charge in [0.25, 0.3) is 5.91 Å². The lowest BCUT2D eigenvalue weighted by Crippen LogP contribution is -2.34. The van der Waals surface area contributed by atoms with E-state index in [0.29, 0.717) is 18.5 Å². The van der Waals surface area contributed by atoms with Crippen LogP contribution in [0.2, 0.25) is 0 Å². The fourth-order valence-electron chi connectivity index (χ4n) is 2.80. The van der Waals surface area contributed by atoms with Crippen LogP contribution < -0.4 is 0 Å². The van der Waals surface area contributed by atoms with Crippen LogP contribution in [0, 0.1) is 12.3 Å². The lowest BCUT2D eigenvalue weighted by molar-refractivity contribution is -0.147. The summed E-state index contributed by atoms with van der Waals surface area (Å²) in [5.74, 6) is -0.969. The zero-order valence-electron chi connectivity index (χ0n) is 13.1. The van der Waals surface area contributed by atoms with Crippen LogP contribution in [0.1, 0.15) is 28.7 Å². The van der Waals surface area contributed by atoms with Crippen molar-refractivity contribution in [2.24, 2.45) is 5.41 Å². The standard InChI is InChI=1S/C17H18N2O3S/c1-11-18-14(9-23-11)12-4-3-5-13(8-12)15(20)19-7-6-17(2,10-19)16(21)22/h3-5,8-9H,6-7,10H2,1-2H3,(H,21,22). The first-order chi connectivity index (χ1) is 10.9. The number of carbonyl (C=O) groups is 2. The highest BCUT2D eigenvalue weighted by atomic mass is 32.1. The van der Waals surface area contributed by atoms with Gasteiger partial charge < -0.3 is 10.0 Å². The van der Waals surface area contributed by atoms with Crippen molar-refractivity contribution in [3.8, 4) is 11.3 Å². The van der Waals surface area contributed by atoms with E-state index in [1.165, 1.54) is 0 Å². The van der Waals surface area contributed by atoms with Gasteiger partial charge in [-0.3, -0.25) is 9.59 Å². The Kier molecular flexibility index (Phi) is 3.93. The molecule has 0 aliphatic carbocycles. The number of benzene rings is 1. The van der Waals surface area contributed by atoms with Crippen LogP contribution in [0.4, 0.5) is 0 Å². The fourth-order valence-corrected chi connectivity index (χ4v) is 3.42. The lowest BCUT2D eigenvalue weighted by Gasteiger charge is -2.20. The molecular weight excluding hydrogens is 312 g/mol. The molecule has 1 aliphatic heterocycles. The van der Waals surface area contributed by atoms with Crippen LogP contribution in [-0.4, -0.2) is 40.0 Å². The predicted octanol–water partition coefficient (Wildman–Crippen LogP) is 3.06. The Balaban J connectivity index is 1.82. The number of carboxylic acids is 1. The summed E-state index contributed by atoms with van der Waals surface area (Å²) in [6.45, 7) is 4.36. The van der Waals surface area contributed by atoms with Crippen molar-refractivity contribution in [3.05, 3.63) is 40.2 Å². The minimum absolute atomic E-state index is 0.122. The third-order valence-corrected chi connectivity index (χ3v) is 5.07. The second-order valence-electron chi connectivity index (χ2n) is 6.18. The molecule has 0 spiro atoms. The summed E-state index contributed by atoms with van der Waals surface area (Å²) in [7, 11) is 0. The minimum atomic E-state index is -0.848. The lowest BCUT2D eigenvalue weighted by atomic mass is 9.90. The number of aliphatic carboxylic acids is 1. The smallest absolute Gasteiger partial charge is 0.311 e. The van der Waals surface area contributed by atoms with Crippen LogP contribution in [-0.2, 0) is 4.79 Å². The molecule has 1 saturated heterocycles. The molecular formula is C17H18N2O3S. The van der Waals surface area contributed by atoms with Crippen molar-refractivity contribution >= 4 is 23.2 Å². The van der Waals surface area contributed by atoms with Gasteiger partial charge in [-0.05, 0) is 32.4 Å². The number of aromatic nitrogens is 1. The summed E-state index contributed by atoms with van der Waals surface area (Å²) in [6, 6.07) is 7.36. The normalized spacial score (nSPS) is 20.7. The van der Waals surface area contributed by atoms with Gasteiger partial charge in [0.05, 0.1) is 16.1 Å². The topological polar surface area (TPSA) is 70.5 Å². The van der Waals surface area contributed by atoms with Crippen molar-refractivity contribution < 1.29 is 14.7 Å². The SMILES string of the molecule is Cc1nc(-c2cccc(C(=O)N3CCC(C)(C(=O)O)C3)c2)cs1. The number of nitrogens with zero attached hydrogens (tertiary/aromatic N) is 2. The molecule has 1 fully saturated rings. The van der Waals surface area contributed by atoms with Crippen LogP contribution in [0.15, 0.2) is 29.6 Å². The second-order valence-corrected chi connectivity index (χ2v) is 7.24. The monoisotopic (exact) mass is 330 g/mol. The quantitative estimate of drug-likeness (QED) is 0.939. The molecule has 1 atom stereocenters. The van der Waals surface area contributed by atoms with Crippen LogP contribution in [0.25, 0.3) is 11.3 Å². The van der Waals surface area contributed by atoms with E-state index < -0.39 is 11.4 Å². The van der Waals surface area contributed by atoms with Gasteiger partial charge in [0, 0.05) is 29.6 Å². The largest absolute Gasteiger partial charge is 0.481 e. The Hall–Kier alpha value is -2.21. The van der Waals surface area contributed by atoms with E-state index in [1.54, 1.807) is 29.2 Å². The van der Waals surface area contributed by atoms with Gasteiger partial charge in [0.1, 0.15) is 0 Å². The van der Waals surface area contributed by atoms with Crippen molar-refractivity contribution in [3.63, 3.8) is 0 Å². The number of likely N-dealkylation sites (tertiary alicyclic amines) is 1. The van der Waals surface area contributed by atoms with Crippen molar-refractivity contribution in [2.75, 3.05) is 13.1 Å². The average Bonchev–Trinajstić information content (AvgIpc) is 3.14. The molecule has 0 bridgehead atoms. The number of hydrogen-bond donors (Lipinski definition) is 1. The number of carboxylic acid groups (broad SMARTS) is 1. The van der Waals surface area contributed by atoms with E-state index in [1.807, 2.05) is 30.5 Å². The highest BCUT2D eigenvalue weighted by Crippen LogP contribution is 2.31. The summed E-state index contributed by atoms with van der Waals surface area (Å²) < 4.78 is 0. The molecule has 3 rings (SSSR count). The van der Waals surface area contributed by atoms with Gasteiger partial charge in [-0.25, -0.2) is 4.98 Å². The zero-order valence-corrected chi connectivity index (χ0v) is 13.9. The Morgan fingerprint density at radius 2 is 2.17 bits per heavy atom. The fraction of sp³-hybridized carbons (Fsp3) is 0.353. The maximum Gasteiger partial charge on any atom is 0.311 e. The highest BCUT2D eigenvalue weighted by Gasteiger charge is 2.42. The van der Waals surface area contributed by atoms with Gasteiger partial charge in [-0.15, -0.1) is 11.3 Å². The van der Waals surface area contributed by atoms with Crippen LogP contribution in [0.3, 0.4) is 0 Å². The van der Waals surface area contributed by atoms with Crippen molar-refractivity contribution in [2.45, 2.75) is 20.3 Å². The first kappa shape index (κ1) is 15.7. The van der Waals surface area contributed by atoms with Gasteiger partial charge >= 0.3 is 5.97 Å². The Bertz CT molecular complexity index is 771. The molecule has 0 saturated carbocycles. The first-order valence-electron chi connectivity index (χ1n) is 7.44. The van der Waals surface area contributed by atoms with Gasteiger partial charge in [0.2, 0.25) is 0 Å². The Morgan fingerprint density at radius 1 is 1.39 bits per heavy atom. The molecule has 1 aromatic carbocycles. The third-order valence-electron chi connectivity index (χ3n) is 4.30. The number of carbonyl (C=O) groups excluding carboxylic acids is 1. The molecule has 120 valence electrons. The highest BCUT2D eigenvalue weighted by molar-refractivity contribution is 7.09. The van der Waals surface area contributed by atoms with E-state index in [4.69, 9.17) is 0 Å². The van der Waals surface area contributed by atoms with Crippen LogP contribution >= 0.6 is 11.3 Å². The molecule has 2 heterocycles. The molecule has 5 nitrogen and oxygen atoms in total. The number of rotatable bonds is 3. The van der Waals surface area contributed by atoms with Gasteiger partial charge in [0.15, 0.2) is 0 Å². The molecule has 6 heteroatoms. The molecule has 1 aliphatic rings. The number of amides is 1. The summed E-state index contributed by atoms with van der Waals surface area (Å²) in [5.41, 5.74) is 1.49. The first-order valence-corrected chi connectivity index (χ1v) is 8.32. The van der Waals surface area contributed by atoms with Gasteiger partial charge in [-0.1, -0.05) is 12.1 Å². The minimum Gasteiger partial charge on any atom is -0.481 e. The van der Waals surface area contributed by atoms with Gasteiger partial charge in [-0.2, -0.15) is 0 Å². The number of thiazole rings is 1. The molecule has 1 amide bonds. The van der Waals surface area contributed by atoms with Crippen molar-refractivity contribution in [1.82, 2.24) is 9.88 Å². The van der Waals surface area contributed by atoms with Crippen LogP contribution in [0.5, 0.6) is 0 Å². The van der Waals surface area contributed by atoms with Crippen molar-refractivity contribution in [1.29, 1.82) is 0 Å². The predicted molar refractivity (Wildman–Crippen MR) is 88.6 cm³/mol. The summed E-state index contributed by atoms with van der Waals surface area (Å²) in [6.07, 6.45) is 0.485. The molecule has 2 aromatic rings. The molecule has 1 aromatic heterocycles. The van der Waals surface area contributed by atoms with E-state index in [9.17, 15) is 14.7 Å². The Morgan fingerprint density at radius 3 is 2.78 bits per heavy atom. The average molecular weight is 330 g/mol. The number of hydrogen-bond acceptors (Lipinski definition) is 4. The van der Waals surface area contributed by atoms with E-state index in [-0.39, 0.29) is 12.5 Å². The Labute approximate surface area is 138 Å². The zero-order chi connectivity index (χ0) is 16.6. The maximum atomic E-state index is 12.7. The molecule has 23 heavy (non-hydrogen) atoms. The summed E-state index contributed by atoms with van der Waals surface area (Å²) in [4.78, 5) is 30.1. The van der Waals surface area contributed by atoms with E-state index in [2.05, 4.69) is 4.98 Å². The summed E-state index contributed by atoms with van der Waals surface area (Å²) in [5, 5.41) is 12.2.